The first-order chi connectivity index (χ1) is 9.69. The van der Waals surface area contributed by atoms with E-state index < -0.39 is 5.91 Å². The van der Waals surface area contributed by atoms with Gasteiger partial charge in [0.05, 0.1) is 0 Å². The average molecular weight is 269 g/mol. The Bertz CT molecular complexity index is 652. The van der Waals surface area contributed by atoms with E-state index in [1.807, 2.05) is 0 Å². The molecule has 0 bridgehead atoms. The van der Waals surface area contributed by atoms with Crippen LogP contribution in [0.1, 0.15) is 0 Å². The molecule has 0 spiro atoms. The second-order valence-corrected chi connectivity index (χ2v) is 3.72. The molecule has 20 heavy (non-hydrogen) atoms. The molecule has 100 valence electrons. The van der Waals surface area contributed by atoms with Gasteiger partial charge in [0.15, 0.2) is 0 Å². The number of nitrogen functional groups attached to an aromatic ring is 1. The van der Waals surface area contributed by atoms with Gasteiger partial charge in [0, 0.05) is 17.6 Å². The number of benzene rings is 1. The summed E-state index contributed by atoms with van der Waals surface area (Å²) in [5, 5.41) is 20.4. The molecule has 0 fully saturated rings. The molecule has 8 nitrogen and oxygen atoms in total. The first-order valence-electron chi connectivity index (χ1n) is 5.58. The van der Waals surface area contributed by atoms with Crippen molar-refractivity contribution in [2.75, 3.05) is 16.4 Å². The molecule has 5 N–H and O–H groups in total. The zero-order valence-corrected chi connectivity index (χ0v) is 10.3. The highest BCUT2D eigenvalue weighted by Gasteiger charge is 2.09. The van der Waals surface area contributed by atoms with Crippen LogP contribution in [0.4, 0.5) is 17.3 Å². The molecule has 1 amide bonds. The molecular weight excluding hydrogens is 258 g/mol. The van der Waals surface area contributed by atoms with E-state index in [1.54, 1.807) is 30.3 Å². The van der Waals surface area contributed by atoms with Gasteiger partial charge in [-0.25, -0.2) is 5.10 Å². The van der Waals surface area contributed by atoms with E-state index in [0.29, 0.717) is 17.3 Å². The van der Waals surface area contributed by atoms with Gasteiger partial charge in [-0.3, -0.25) is 4.79 Å². The number of aromatic nitrogens is 3. The summed E-state index contributed by atoms with van der Waals surface area (Å²) in [6, 6.07) is 8.39. The van der Waals surface area contributed by atoms with Crippen LogP contribution in [0.25, 0.3) is 0 Å². The molecule has 0 aliphatic carbocycles. The first kappa shape index (κ1) is 13.1. The summed E-state index contributed by atoms with van der Waals surface area (Å²) in [4.78, 5) is 15.7. The van der Waals surface area contributed by atoms with Crippen LogP contribution in [0, 0.1) is 11.3 Å². The summed E-state index contributed by atoms with van der Waals surface area (Å²) in [6.45, 7) is 0. The van der Waals surface area contributed by atoms with Crippen molar-refractivity contribution in [2.24, 2.45) is 0 Å². The smallest absolute Gasteiger partial charge is 0.267 e. The molecule has 8 heteroatoms. The van der Waals surface area contributed by atoms with Crippen molar-refractivity contribution >= 4 is 23.2 Å². The normalized spacial score (nSPS) is 10.7. The second kappa shape index (κ2) is 6.01. The SMILES string of the molecule is N#C/C(=C/Nc1ncn[nH]1)C(=O)Nc1ccc(N)cc1. The summed E-state index contributed by atoms with van der Waals surface area (Å²) < 4.78 is 0. The number of nitrogens with zero attached hydrogens (tertiary/aromatic N) is 3. The van der Waals surface area contributed by atoms with Crippen molar-refractivity contribution in [3.05, 3.63) is 42.4 Å². The summed E-state index contributed by atoms with van der Waals surface area (Å²) >= 11 is 0. The third kappa shape index (κ3) is 3.33. The Morgan fingerprint density at radius 3 is 2.75 bits per heavy atom. The summed E-state index contributed by atoms with van der Waals surface area (Å²) in [5.41, 5.74) is 6.58. The van der Waals surface area contributed by atoms with Crippen LogP contribution in [0.3, 0.4) is 0 Å². The molecule has 1 heterocycles. The Hall–Kier alpha value is -3.34. The minimum absolute atomic E-state index is 0.0989. The molecule has 1 aromatic heterocycles. The van der Waals surface area contributed by atoms with E-state index in [-0.39, 0.29) is 5.57 Å². The number of aromatic amines is 1. The fourth-order valence-corrected chi connectivity index (χ4v) is 1.33. The maximum Gasteiger partial charge on any atom is 0.267 e. The van der Waals surface area contributed by atoms with Gasteiger partial charge in [-0.2, -0.15) is 15.3 Å². The molecule has 0 atom stereocenters. The molecule has 0 saturated carbocycles. The van der Waals surface area contributed by atoms with Crippen LogP contribution >= 0.6 is 0 Å². The summed E-state index contributed by atoms with van der Waals surface area (Å²) in [7, 11) is 0. The van der Waals surface area contributed by atoms with E-state index in [0.717, 1.165) is 0 Å². The highest BCUT2D eigenvalue weighted by molar-refractivity contribution is 6.06. The van der Waals surface area contributed by atoms with Crippen LogP contribution in [0.15, 0.2) is 42.4 Å². The molecule has 0 saturated heterocycles. The number of carbonyl (C=O) groups is 1. The van der Waals surface area contributed by atoms with Gasteiger partial charge < -0.3 is 16.4 Å². The monoisotopic (exact) mass is 269 g/mol. The molecule has 1 aromatic carbocycles. The van der Waals surface area contributed by atoms with Crippen molar-refractivity contribution in [3.8, 4) is 6.07 Å². The number of rotatable bonds is 4. The van der Waals surface area contributed by atoms with Gasteiger partial charge in [0.2, 0.25) is 5.95 Å². The fourth-order valence-electron chi connectivity index (χ4n) is 1.33. The quantitative estimate of drug-likeness (QED) is 0.369. The van der Waals surface area contributed by atoms with Gasteiger partial charge in [0.25, 0.3) is 5.91 Å². The molecule has 0 aliphatic heterocycles. The van der Waals surface area contributed by atoms with Gasteiger partial charge in [-0.1, -0.05) is 0 Å². The zero-order valence-electron chi connectivity index (χ0n) is 10.3. The lowest BCUT2D eigenvalue weighted by molar-refractivity contribution is -0.112. The number of H-pyrrole nitrogens is 1. The van der Waals surface area contributed by atoms with E-state index in [1.165, 1.54) is 12.5 Å². The maximum absolute atomic E-state index is 11.9. The van der Waals surface area contributed by atoms with Crippen molar-refractivity contribution < 1.29 is 4.79 Å². The van der Waals surface area contributed by atoms with E-state index >= 15 is 0 Å². The van der Waals surface area contributed by atoms with Crippen LogP contribution in [-0.4, -0.2) is 21.1 Å². The minimum atomic E-state index is -0.538. The second-order valence-electron chi connectivity index (χ2n) is 3.72. The third-order valence-electron chi connectivity index (χ3n) is 2.30. The predicted molar refractivity (Wildman–Crippen MR) is 73.2 cm³/mol. The van der Waals surface area contributed by atoms with Crippen LogP contribution in [0.2, 0.25) is 0 Å². The largest absolute Gasteiger partial charge is 0.399 e. The molecular formula is C12H11N7O. The number of hydrogen-bond acceptors (Lipinski definition) is 6. The molecule has 0 aliphatic rings. The average Bonchev–Trinajstić information content (AvgIpc) is 2.95. The Labute approximate surface area is 114 Å². The lowest BCUT2D eigenvalue weighted by atomic mass is 10.2. The van der Waals surface area contributed by atoms with Crippen molar-refractivity contribution in [1.29, 1.82) is 5.26 Å². The summed E-state index contributed by atoms with van der Waals surface area (Å²) in [6.07, 6.45) is 2.55. The standard InChI is InChI=1S/C12H11N7O/c13-5-8(6-15-12-16-7-17-19-12)11(20)18-10-3-1-9(14)2-4-10/h1-4,6-7H,14H2,(H,18,20)(H2,15,16,17,19)/b8-6-. The van der Waals surface area contributed by atoms with Gasteiger partial charge in [0.1, 0.15) is 18.0 Å². The maximum atomic E-state index is 11.9. The molecule has 2 rings (SSSR count). The van der Waals surface area contributed by atoms with Crippen LogP contribution < -0.4 is 16.4 Å². The van der Waals surface area contributed by atoms with Crippen LogP contribution in [-0.2, 0) is 4.79 Å². The Balaban J connectivity index is 2.04. The van der Waals surface area contributed by atoms with Crippen molar-refractivity contribution in [2.45, 2.75) is 0 Å². The number of hydrogen-bond donors (Lipinski definition) is 4. The Morgan fingerprint density at radius 1 is 1.40 bits per heavy atom. The van der Waals surface area contributed by atoms with E-state index in [2.05, 4.69) is 25.8 Å². The van der Waals surface area contributed by atoms with Gasteiger partial charge in [-0.05, 0) is 24.3 Å². The molecule has 2 aromatic rings. The predicted octanol–water partition coefficient (Wildman–Crippen LogP) is 0.845. The van der Waals surface area contributed by atoms with Crippen LogP contribution in [0.5, 0.6) is 0 Å². The zero-order chi connectivity index (χ0) is 14.4. The minimum Gasteiger partial charge on any atom is -0.399 e. The number of nitrogens with two attached hydrogens (primary N) is 1. The van der Waals surface area contributed by atoms with E-state index in [4.69, 9.17) is 11.0 Å². The topological polar surface area (TPSA) is 133 Å². The number of nitriles is 1. The summed E-state index contributed by atoms with van der Waals surface area (Å²) in [5.74, 6) is -0.206. The lowest BCUT2D eigenvalue weighted by Crippen LogP contribution is -2.14. The molecule has 0 unspecified atom stereocenters. The third-order valence-corrected chi connectivity index (χ3v) is 2.30. The fraction of sp³-hybridized carbons (Fsp3) is 0. The van der Waals surface area contributed by atoms with Gasteiger partial charge in [-0.15, -0.1) is 0 Å². The number of nitrogens with one attached hydrogen (secondary N) is 3. The Kier molecular flexibility index (Phi) is 3.94. The number of anilines is 3. The van der Waals surface area contributed by atoms with Crippen molar-refractivity contribution in [1.82, 2.24) is 15.2 Å². The number of carbonyl (C=O) groups excluding carboxylic acids is 1. The van der Waals surface area contributed by atoms with E-state index in [9.17, 15) is 4.79 Å². The lowest BCUT2D eigenvalue weighted by Gasteiger charge is -2.04. The number of amides is 1. The van der Waals surface area contributed by atoms with Crippen molar-refractivity contribution in [3.63, 3.8) is 0 Å². The highest BCUT2D eigenvalue weighted by atomic mass is 16.1. The Morgan fingerprint density at radius 2 is 2.15 bits per heavy atom. The first-order valence-corrected chi connectivity index (χ1v) is 5.58. The van der Waals surface area contributed by atoms with Gasteiger partial charge >= 0.3 is 0 Å². The highest BCUT2D eigenvalue weighted by Crippen LogP contribution is 2.11. The molecule has 0 radical (unpaired) electrons.